The molecule has 0 amide bonds. The second kappa shape index (κ2) is 7.45. The quantitative estimate of drug-likeness (QED) is 0.514. The van der Waals surface area contributed by atoms with Crippen LogP contribution in [-0.4, -0.2) is 31.1 Å². The van der Waals surface area contributed by atoms with E-state index < -0.39 is 0 Å². The van der Waals surface area contributed by atoms with Gasteiger partial charge in [-0.3, -0.25) is 0 Å². The van der Waals surface area contributed by atoms with Crippen molar-refractivity contribution in [2.45, 2.75) is 64.8 Å². The lowest BCUT2D eigenvalue weighted by molar-refractivity contribution is -0.136. The molecule has 1 heterocycles. The fourth-order valence-electron chi connectivity index (χ4n) is 2.64. The van der Waals surface area contributed by atoms with Crippen LogP contribution in [0.3, 0.4) is 0 Å². The van der Waals surface area contributed by atoms with E-state index >= 15 is 0 Å². The van der Waals surface area contributed by atoms with Gasteiger partial charge in [-0.05, 0) is 13.3 Å². The molecule has 3 nitrogen and oxygen atoms in total. The lowest BCUT2D eigenvalue weighted by Gasteiger charge is -2.23. The van der Waals surface area contributed by atoms with Gasteiger partial charge >= 0.3 is 5.97 Å². The molecular formula is C15H27NO2. The summed E-state index contributed by atoms with van der Waals surface area (Å²) in [6, 6.07) is 0.487. The fourth-order valence-corrected chi connectivity index (χ4v) is 2.64. The van der Waals surface area contributed by atoms with Crippen LogP contribution in [0, 0.1) is 0 Å². The third-order valence-corrected chi connectivity index (χ3v) is 4.03. The van der Waals surface area contributed by atoms with Crippen molar-refractivity contribution in [2.24, 2.45) is 0 Å². The molecule has 0 radical (unpaired) electrons. The number of methoxy groups -OCH3 is 1. The summed E-state index contributed by atoms with van der Waals surface area (Å²) < 4.78 is 4.84. The minimum absolute atomic E-state index is 0.159. The van der Waals surface area contributed by atoms with E-state index in [1.165, 1.54) is 45.6 Å². The Kier molecular flexibility index (Phi) is 6.23. The summed E-state index contributed by atoms with van der Waals surface area (Å²) in [7, 11) is 3.54. The molecule has 0 aromatic carbocycles. The Morgan fingerprint density at radius 1 is 1.33 bits per heavy atom. The van der Waals surface area contributed by atoms with E-state index in [0.29, 0.717) is 6.04 Å². The third kappa shape index (κ3) is 3.76. The van der Waals surface area contributed by atoms with Crippen LogP contribution in [0.2, 0.25) is 0 Å². The van der Waals surface area contributed by atoms with E-state index in [0.717, 1.165) is 17.7 Å². The van der Waals surface area contributed by atoms with E-state index in [-0.39, 0.29) is 5.97 Å². The van der Waals surface area contributed by atoms with Crippen LogP contribution < -0.4 is 0 Å². The first-order valence-corrected chi connectivity index (χ1v) is 7.12. The lowest BCUT2D eigenvalue weighted by Crippen LogP contribution is -2.24. The SMILES string of the molecule is CCCCCCCC1CC(C(=O)OC)=C(C)N1C. The number of carbonyl (C=O) groups is 1. The van der Waals surface area contributed by atoms with Crippen LogP contribution in [0.5, 0.6) is 0 Å². The van der Waals surface area contributed by atoms with Crippen LogP contribution in [0.4, 0.5) is 0 Å². The second-order valence-corrected chi connectivity index (χ2v) is 5.23. The minimum Gasteiger partial charge on any atom is -0.466 e. The topological polar surface area (TPSA) is 29.5 Å². The van der Waals surface area contributed by atoms with Crippen molar-refractivity contribution in [2.75, 3.05) is 14.2 Å². The molecule has 1 rings (SSSR count). The normalized spacial score (nSPS) is 19.6. The zero-order chi connectivity index (χ0) is 13.5. The fraction of sp³-hybridized carbons (Fsp3) is 0.800. The number of esters is 1. The van der Waals surface area contributed by atoms with E-state index in [4.69, 9.17) is 4.74 Å². The lowest BCUT2D eigenvalue weighted by atomic mass is 10.0. The molecule has 0 bridgehead atoms. The Morgan fingerprint density at radius 2 is 2.00 bits per heavy atom. The molecule has 0 aromatic rings. The number of nitrogens with zero attached hydrogens (tertiary/aromatic N) is 1. The first-order valence-electron chi connectivity index (χ1n) is 7.12. The van der Waals surface area contributed by atoms with Crippen LogP contribution in [0.25, 0.3) is 0 Å². The number of allylic oxidation sites excluding steroid dienone is 1. The summed E-state index contributed by atoms with van der Waals surface area (Å²) in [4.78, 5) is 13.9. The third-order valence-electron chi connectivity index (χ3n) is 4.03. The van der Waals surface area contributed by atoms with Gasteiger partial charge in [0.25, 0.3) is 0 Å². The Labute approximate surface area is 111 Å². The summed E-state index contributed by atoms with van der Waals surface area (Å²) in [6.45, 7) is 4.25. The largest absolute Gasteiger partial charge is 0.466 e. The Morgan fingerprint density at radius 3 is 2.61 bits per heavy atom. The van der Waals surface area contributed by atoms with Crippen molar-refractivity contribution in [3.05, 3.63) is 11.3 Å². The molecule has 1 aliphatic rings. The highest BCUT2D eigenvalue weighted by Crippen LogP contribution is 2.30. The first-order chi connectivity index (χ1) is 8.61. The molecular weight excluding hydrogens is 226 g/mol. The Balaban J connectivity index is 2.37. The van der Waals surface area contributed by atoms with Gasteiger partial charge in [-0.15, -0.1) is 0 Å². The van der Waals surface area contributed by atoms with E-state index in [1.54, 1.807) is 0 Å². The monoisotopic (exact) mass is 253 g/mol. The molecule has 0 fully saturated rings. The molecule has 104 valence electrons. The molecule has 0 spiro atoms. The number of hydrogen-bond donors (Lipinski definition) is 0. The van der Waals surface area contributed by atoms with E-state index in [9.17, 15) is 4.79 Å². The van der Waals surface area contributed by atoms with Gasteiger partial charge in [-0.2, -0.15) is 0 Å². The summed E-state index contributed by atoms with van der Waals surface area (Å²) in [6.07, 6.45) is 8.56. The summed E-state index contributed by atoms with van der Waals surface area (Å²) in [5.41, 5.74) is 1.94. The predicted molar refractivity (Wildman–Crippen MR) is 74.3 cm³/mol. The second-order valence-electron chi connectivity index (χ2n) is 5.23. The molecule has 0 N–H and O–H groups in total. The van der Waals surface area contributed by atoms with Crippen LogP contribution in [-0.2, 0) is 9.53 Å². The number of rotatable bonds is 7. The van der Waals surface area contributed by atoms with Crippen LogP contribution in [0.15, 0.2) is 11.3 Å². The maximum atomic E-state index is 11.6. The minimum atomic E-state index is -0.159. The number of ether oxygens (including phenoxy) is 1. The molecule has 1 atom stereocenters. The molecule has 0 saturated heterocycles. The summed E-state index contributed by atoms with van der Waals surface area (Å²) in [5.74, 6) is -0.159. The molecule has 0 aromatic heterocycles. The molecule has 0 aliphatic carbocycles. The van der Waals surface area contributed by atoms with Crippen molar-refractivity contribution < 1.29 is 9.53 Å². The Hall–Kier alpha value is -0.990. The number of hydrogen-bond acceptors (Lipinski definition) is 3. The van der Waals surface area contributed by atoms with E-state index in [2.05, 4.69) is 18.9 Å². The van der Waals surface area contributed by atoms with Crippen molar-refractivity contribution in [1.29, 1.82) is 0 Å². The number of carbonyl (C=O) groups excluding carboxylic acids is 1. The van der Waals surface area contributed by atoms with E-state index in [1.807, 2.05) is 6.92 Å². The standard InChI is InChI=1S/C15H27NO2/c1-5-6-7-8-9-10-13-11-14(15(17)18-4)12(2)16(13)3/h13H,5-11H2,1-4H3. The van der Waals surface area contributed by atoms with Gasteiger partial charge in [0.1, 0.15) is 0 Å². The Bertz CT molecular complexity index is 310. The number of unbranched alkanes of at least 4 members (excludes halogenated alkanes) is 4. The summed E-state index contributed by atoms with van der Waals surface area (Å²) >= 11 is 0. The van der Waals surface area contributed by atoms with Gasteiger partial charge in [0, 0.05) is 25.2 Å². The average Bonchev–Trinajstić information content (AvgIpc) is 2.66. The molecule has 1 aliphatic heterocycles. The van der Waals surface area contributed by atoms with Crippen molar-refractivity contribution in [3.63, 3.8) is 0 Å². The van der Waals surface area contributed by atoms with Crippen molar-refractivity contribution >= 4 is 5.97 Å². The predicted octanol–water partition coefficient (Wildman–Crippen LogP) is 3.50. The van der Waals surface area contributed by atoms with Gasteiger partial charge in [0.15, 0.2) is 0 Å². The van der Waals surface area contributed by atoms with Crippen molar-refractivity contribution in [3.8, 4) is 0 Å². The maximum absolute atomic E-state index is 11.6. The van der Waals surface area contributed by atoms with Gasteiger partial charge in [0.2, 0.25) is 0 Å². The summed E-state index contributed by atoms with van der Waals surface area (Å²) in [5, 5.41) is 0. The van der Waals surface area contributed by atoms with Gasteiger partial charge in [-0.1, -0.05) is 39.0 Å². The van der Waals surface area contributed by atoms with Crippen LogP contribution in [0.1, 0.15) is 58.8 Å². The van der Waals surface area contributed by atoms with Gasteiger partial charge in [-0.25, -0.2) is 4.79 Å². The zero-order valence-corrected chi connectivity index (χ0v) is 12.3. The highest BCUT2D eigenvalue weighted by Gasteiger charge is 2.30. The molecule has 1 unspecified atom stereocenters. The smallest absolute Gasteiger partial charge is 0.335 e. The molecule has 18 heavy (non-hydrogen) atoms. The highest BCUT2D eigenvalue weighted by molar-refractivity contribution is 5.89. The molecule has 0 saturated carbocycles. The maximum Gasteiger partial charge on any atom is 0.335 e. The van der Waals surface area contributed by atoms with Gasteiger partial charge in [0.05, 0.1) is 12.7 Å². The van der Waals surface area contributed by atoms with Gasteiger partial charge < -0.3 is 9.64 Å². The average molecular weight is 253 g/mol. The first kappa shape index (κ1) is 15.1. The molecule has 3 heteroatoms. The van der Waals surface area contributed by atoms with Crippen molar-refractivity contribution in [1.82, 2.24) is 4.90 Å². The zero-order valence-electron chi connectivity index (χ0n) is 12.3. The highest BCUT2D eigenvalue weighted by atomic mass is 16.5. The van der Waals surface area contributed by atoms with Crippen LogP contribution >= 0.6 is 0 Å².